The second kappa shape index (κ2) is 4.93. The molecule has 4 rings (SSSR count). The Balaban J connectivity index is 2.14. The summed E-state index contributed by atoms with van der Waals surface area (Å²) in [5, 5.41) is 3.62. The number of rotatable bonds is 1. The molecule has 0 atom stereocenters. The smallest absolute Gasteiger partial charge is 0.406 e. The Labute approximate surface area is 140 Å². The van der Waals surface area contributed by atoms with Crippen LogP contribution in [0, 0.1) is 6.92 Å². The van der Waals surface area contributed by atoms with Gasteiger partial charge in [-0.1, -0.05) is 17.3 Å². The first-order valence-corrected chi connectivity index (χ1v) is 8.58. The van der Waals surface area contributed by atoms with E-state index in [1.165, 1.54) is 25.2 Å². The summed E-state index contributed by atoms with van der Waals surface area (Å²) in [6, 6.07) is 7.38. The molecule has 25 heavy (non-hydrogen) atoms. The minimum atomic E-state index is -3.95. The quantitative estimate of drug-likeness (QED) is 0.632. The highest BCUT2D eigenvalue weighted by atomic mass is 32.2. The molecule has 9 nitrogen and oxygen atoms in total. The second-order valence-corrected chi connectivity index (χ2v) is 7.39. The lowest BCUT2D eigenvalue weighted by Crippen LogP contribution is -2.41. The second-order valence-electron chi connectivity index (χ2n) is 5.45. The van der Waals surface area contributed by atoms with Crippen molar-refractivity contribution in [3.05, 3.63) is 57.0 Å². The van der Waals surface area contributed by atoms with Crippen molar-refractivity contribution in [3.8, 4) is 17.1 Å². The SMILES string of the molecule is Cc1cc(-n2c(=O)oc3c(c2=O)N(C)S(=O)(=O)c2ccccc2-3)no1. The number of aryl methyl sites for hydroxylation is 1. The van der Waals surface area contributed by atoms with Crippen molar-refractivity contribution in [2.24, 2.45) is 0 Å². The van der Waals surface area contributed by atoms with Gasteiger partial charge in [0.15, 0.2) is 17.3 Å². The van der Waals surface area contributed by atoms with E-state index < -0.39 is 21.3 Å². The number of aromatic nitrogens is 2. The number of hydrogen-bond donors (Lipinski definition) is 0. The van der Waals surface area contributed by atoms with Gasteiger partial charge in [-0.3, -0.25) is 9.10 Å². The van der Waals surface area contributed by atoms with E-state index in [0.717, 1.165) is 4.31 Å². The minimum Gasteiger partial charge on any atom is -0.406 e. The number of sulfonamides is 1. The number of hydrogen-bond acceptors (Lipinski definition) is 7. The molecule has 128 valence electrons. The zero-order valence-electron chi connectivity index (χ0n) is 13.1. The van der Waals surface area contributed by atoms with Crippen molar-refractivity contribution in [2.75, 3.05) is 11.4 Å². The number of nitrogens with zero attached hydrogens (tertiary/aromatic N) is 3. The third-order valence-electron chi connectivity index (χ3n) is 3.92. The summed E-state index contributed by atoms with van der Waals surface area (Å²) in [4.78, 5) is 25.2. The van der Waals surface area contributed by atoms with Gasteiger partial charge in [0, 0.05) is 18.7 Å². The largest absolute Gasteiger partial charge is 0.428 e. The van der Waals surface area contributed by atoms with Crippen molar-refractivity contribution < 1.29 is 17.4 Å². The van der Waals surface area contributed by atoms with Crippen LogP contribution >= 0.6 is 0 Å². The van der Waals surface area contributed by atoms with Gasteiger partial charge < -0.3 is 8.94 Å². The molecule has 1 aliphatic rings. The highest BCUT2D eigenvalue weighted by Crippen LogP contribution is 2.39. The normalized spacial score (nSPS) is 14.9. The van der Waals surface area contributed by atoms with Crippen LogP contribution in [0.3, 0.4) is 0 Å². The minimum absolute atomic E-state index is 0.0393. The van der Waals surface area contributed by atoms with Crippen molar-refractivity contribution in [2.45, 2.75) is 11.8 Å². The summed E-state index contributed by atoms with van der Waals surface area (Å²) in [5.41, 5.74) is -0.965. The van der Waals surface area contributed by atoms with Crippen LogP contribution in [0.5, 0.6) is 0 Å². The maximum absolute atomic E-state index is 12.9. The van der Waals surface area contributed by atoms with E-state index in [1.807, 2.05) is 0 Å². The standard InChI is InChI=1S/C15H11N3O6S/c1-8-7-11(16-24-8)18-14(19)12-13(23-15(18)20)9-5-3-4-6-10(9)25(21,22)17(12)2/h3-7H,1-2H3. The molecule has 0 unspecified atom stereocenters. The lowest BCUT2D eigenvalue weighted by Gasteiger charge is -2.26. The van der Waals surface area contributed by atoms with E-state index in [-0.39, 0.29) is 27.7 Å². The summed E-state index contributed by atoms with van der Waals surface area (Å²) in [7, 11) is -2.72. The van der Waals surface area contributed by atoms with Crippen LogP contribution in [0.15, 0.2) is 53.8 Å². The van der Waals surface area contributed by atoms with Crippen LogP contribution in [-0.4, -0.2) is 25.2 Å². The lowest BCUT2D eigenvalue weighted by atomic mass is 10.1. The van der Waals surface area contributed by atoms with Gasteiger partial charge in [-0.15, -0.1) is 0 Å². The number of benzene rings is 1. The lowest BCUT2D eigenvalue weighted by molar-refractivity contribution is 0.389. The molecule has 1 aromatic carbocycles. The molecule has 3 heterocycles. The van der Waals surface area contributed by atoms with Crippen LogP contribution in [0.25, 0.3) is 17.1 Å². The fraction of sp³-hybridized carbons (Fsp3) is 0.133. The summed E-state index contributed by atoms with van der Waals surface area (Å²) in [5.74, 6) is -0.784. The summed E-state index contributed by atoms with van der Waals surface area (Å²) < 4.78 is 37.0. The van der Waals surface area contributed by atoms with Gasteiger partial charge in [0.2, 0.25) is 0 Å². The Morgan fingerprint density at radius 3 is 2.56 bits per heavy atom. The Hall–Kier alpha value is -3.14. The topological polar surface area (TPSA) is 116 Å². The van der Waals surface area contributed by atoms with E-state index in [4.69, 9.17) is 8.94 Å². The third kappa shape index (κ3) is 2.00. The van der Waals surface area contributed by atoms with Gasteiger partial charge in [0.05, 0.1) is 4.90 Å². The molecule has 0 amide bonds. The maximum atomic E-state index is 12.9. The third-order valence-corrected chi connectivity index (χ3v) is 5.74. The van der Waals surface area contributed by atoms with Crippen LogP contribution in [-0.2, 0) is 10.0 Å². The molecule has 0 spiro atoms. The molecule has 1 aliphatic heterocycles. The van der Waals surface area contributed by atoms with Gasteiger partial charge in [0.25, 0.3) is 15.6 Å². The molecule has 0 bridgehead atoms. The molecule has 2 aromatic heterocycles. The van der Waals surface area contributed by atoms with E-state index in [1.54, 1.807) is 19.1 Å². The molecule has 0 N–H and O–H groups in total. The fourth-order valence-electron chi connectivity index (χ4n) is 2.73. The molecular weight excluding hydrogens is 350 g/mol. The van der Waals surface area contributed by atoms with Crippen molar-refractivity contribution in [1.29, 1.82) is 0 Å². The van der Waals surface area contributed by atoms with Gasteiger partial charge in [-0.25, -0.2) is 13.2 Å². The van der Waals surface area contributed by atoms with Crippen LogP contribution in [0.2, 0.25) is 0 Å². The Kier molecular flexibility index (Phi) is 3.03. The maximum Gasteiger partial charge on any atom is 0.428 e. The molecule has 0 aliphatic carbocycles. The fourth-order valence-corrected chi connectivity index (χ4v) is 4.12. The summed E-state index contributed by atoms with van der Waals surface area (Å²) in [6.07, 6.45) is 0. The first-order chi connectivity index (χ1) is 11.8. The number of fused-ring (bicyclic) bond motifs is 3. The summed E-state index contributed by atoms with van der Waals surface area (Å²) >= 11 is 0. The van der Waals surface area contributed by atoms with Crippen molar-refractivity contribution in [1.82, 2.24) is 9.72 Å². The first kappa shape index (κ1) is 15.4. The van der Waals surface area contributed by atoms with Crippen molar-refractivity contribution >= 4 is 15.7 Å². The average molecular weight is 361 g/mol. The van der Waals surface area contributed by atoms with E-state index >= 15 is 0 Å². The molecule has 0 saturated heterocycles. The average Bonchev–Trinajstić information content (AvgIpc) is 2.99. The first-order valence-electron chi connectivity index (χ1n) is 7.14. The van der Waals surface area contributed by atoms with Crippen molar-refractivity contribution in [3.63, 3.8) is 0 Å². The van der Waals surface area contributed by atoms with E-state index in [2.05, 4.69) is 5.16 Å². The van der Waals surface area contributed by atoms with Crippen LogP contribution in [0.1, 0.15) is 5.76 Å². The van der Waals surface area contributed by atoms with Gasteiger partial charge in [0.1, 0.15) is 5.76 Å². The van der Waals surface area contributed by atoms with Crippen LogP contribution < -0.4 is 15.6 Å². The summed E-state index contributed by atoms with van der Waals surface area (Å²) in [6.45, 7) is 1.59. The Morgan fingerprint density at radius 2 is 1.88 bits per heavy atom. The monoisotopic (exact) mass is 361 g/mol. The molecule has 0 radical (unpaired) electrons. The van der Waals surface area contributed by atoms with Gasteiger partial charge in [-0.2, -0.15) is 4.57 Å². The van der Waals surface area contributed by atoms with Crippen LogP contribution in [0.4, 0.5) is 5.69 Å². The highest BCUT2D eigenvalue weighted by Gasteiger charge is 2.37. The van der Waals surface area contributed by atoms with Gasteiger partial charge in [-0.05, 0) is 19.1 Å². The van der Waals surface area contributed by atoms with E-state index in [0.29, 0.717) is 10.3 Å². The Bertz CT molecular complexity index is 1230. The highest BCUT2D eigenvalue weighted by molar-refractivity contribution is 7.93. The zero-order valence-corrected chi connectivity index (χ0v) is 13.9. The van der Waals surface area contributed by atoms with E-state index in [9.17, 15) is 18.0 Å². The zero-order chi connectivity index (χ0) is 17.9. The molecule has 0 fully saturated rings. The van der Waals surface area contributed by atoms with Gasteiger partial charge >= 0.3 is 5.76 Å². The molecular formula is C15H11N3O6S. The molecule has 0 saturated carbocycles. The number of anilines is 1. The predicted molar refractivity (Wildman–Crippen MR) is 86.4 cm³/mol. The Morgan fingerprint density at radius 1 is 1.16 bits per heavy atom. The predicted octanol–water partition coefficient (Wildman–Crippen LogP) is 0.893. The molecule has 10 heteroatoms. The molecule has 3 aromatic rings.